The fourth-order valence-corrected chi connectivity index (χ4v) is 1.46. The van der Waals surface area contributed by atoms with Gasteiger partial charge in [-0.2, -0.15) is 0 Å². The van der Waals surface area contributed by atoms with Gasteiger partial charge in [0.2, 0.25) is 0 Å². The summed E-state index contributed by atoms with van der Waals surface area (Å²) >= 11 is 0. The molecule has 2 rings (SSSR count). The molecule has 0 aliphatic carbocycles. The van der Waals surface area contributed by atoms with Gasteiger partial charge in [-0.25, -0.2) is 0 Å². The average molecular weight is 185 g/mol. The summed E-state index contributed by atoms with van der Waals surface area (Å²) in [6.45, 7) is 0. The molecule has 63 valence electrons. The van der Waals surface area contributed by atoms with Gasteiger partial charge in [0.15, 0.2) is 0 Å². The highest BCUT2D eigenvalue weighted by Crippen LogP contribution is 2.17. The second kappa shape index (κ2) is 3.72. The van der Waals surface area contributed by atoms with Gasteiger partial charge in [-0.05, 0) is 16.4 Å². The molecule has 0 aliphatic heterocycles. The molecule has 0 bridgehead atoms. The molecule has 0 aromatic heterocycles. The van der Waals surface area contributed by atoms with E-state index in [0.717, 1.165) is 5.30 Å². The third-order valence-corrected chi connectivity index (χ3v) is 2.33. The molecular formula is C12H10P. The molecule has 2 aromatic carbocycles. The molecule has 1 heteroatoms. The third kappa shape index (κ3) is 1.96. The summed E-state index contributed by atoms with van der Waals surface area (Å²) in [6.07, 6.45) is 0. The van der Waals surface area contributed by atoms with Gasteiger partial charge in [0.05, 0.1) is 0 Å². The predicted octanol–water partition coefficient (Wildman–Crippen LogP) is 3.12. The van der Waals surface area contributed by atoms with Gasteiger partial charge in [0.1, 0.15) is 0 Å². The Bertz CT molecular complexity index is 376. The normalized spacial score (nSPS) is 9.92. The molecule has 0 nitrogen and oxygen atoms in total. The van der Waals surface area contributed by atoms with E-state index < -0.39 is 0 Å². The van der Waals surface area contributed by atoms with Crippen molar-refractivity contribution in [3.63, 3.8) is 0 Å². The number of hydrogen-bond acceptors (Lipinski definition) is 0. The van der Waals surface area contributed by atoms with Crippen LogP contribution in [0.1, 0.15) is 0 Å². The average Bonchev–Trinajstić information content (AvgIpc) is 2.20. The fraction of sp³-hybridized carbons (Fsp3) is 0. The summed E-state index contributed by atoms with van der Waals surface area (Å²) in [7, 11) is 3.47. The first kappa shape index (κ1) is 8.47. The maximum Gasteiger partial charge on any atom is -0.0184 e. The maximum absolute atomic E-state index is 3.47. The molecule has 0 heterocycles. The minimum atomic E-state index is 1.11. The molecule has 0 saturated heterocycles. The van der Waals surface area contributed by atoms with E-state index in [9.17, 15) is 0 Å². The Morgan fingerprint density at radius 2 is 1.15 bits per heavy atom. The third-order valence-electron chi connectivity index (χ3n) is 1.99. The Morgan fingerprint density at radius 1 is 0.615 bits per heavy atom. The first-order chi connectivity index (χ1) is 6.36. The Balaban J connectivity index is 2.42. The summed E-state index contributed by atoms with van der Waals surface area (Å²) in [5.74, 6) is 0. The maximum atomic E-state index is 3.47. The largest absolute Gasteiger partial charge is 0.0634 e. The van der Waals surface area contributed by atoms with Crippen molar-refractivity contribution in [3.05, 3.63) is 54.6 Å². The first-order valence-electron chi connectivity index (χ1n) is 4.23. The van der Waals surface area contributed by atoms with E-state index in [-0.39, 0.29) is 0 Å². The molecule has 0 N–H and O–H groups in total. The topological polar surface area (TPSA) is 0 Å². The van der Waals surface area contributed by atoms with Crippen molar-refractivity contribution in [3.8, 4) is 11.1 Å². The first-order valence-corrected chi connectivity index (χ1v) is 4.73. The second-order valence-electron chi connectivity index (χ2n) is 2.94. The molecule has 0 aliphatic rings. The Kier molecular flexibility index (Phi) is 2.42. The highest BCUT2D eigenvalue weighted by atomic mass is 31.0. The molecule has 0 saturated carbocycles. The molecule has 13 heavy (non-hydrogen) atoms. The Labute approximate surface area is 80.8 Å². The van der Waals surface area contributed by atoms with Crippen LogP contribution in [0.25, 0.3) is 11.1 Å². The van der Waals surface area contributed by atoms with Gasteiger partial charge in [-0.3, -0.25) is 0 Å². The van der Waals surface area contributed by atoms with Crippen LogP contribution in [0.2, 0.25) is 0 Å². The van der Waals surface area contributed by atoms with Crippen molar-refractivity contribution >= 4 is 14.5 Å². The van der Waals surface area contributed by atoms with Crippen LogP contribution < -0.4 is 5.30 Å². The second-order valence-corrected chi connectivity index (χ2v) is 3.52. The predicted molar refractivity (Wildman–Crippen MR) is 59.8 cm³/mol. The van der Waals surface area contributed by atoms with Crippen LogP contribution in [0, 0.1) is 0 Å². The highest BCUT2D eigenvalue weighted by molar-refractivity contribution is 7.27. The van der Waals surface area contributed by atoms with E-state index >= 15 is 0 Å². The van der Waals surface area contributed by atoms with Crippen LogP contribution in [-0.4, -0.2) is 0 Å². The summed E-state index contributed by atoms with van der Waals surface area (Å²) in [5, 5.41) is 1.11. The van der Waals surface area contributed by atoms with Crippen molar-refractivity contribution in [2.24, 2.45) is 0 Å². The minimum Gasteiger partial charge on any atom is -0.0634 e. The zero-order valence-corrected chi connectivity index (χ0v) is 8.20. The molecule has 0 spiro atoms. The van der Waals surface area contributed by atoms with E-state index in [0.29, 0.717) is 0 Å². The summed E-state index contributed by atoms with van der Waals surface area (Å²) in [4.78, 5) is 0. The van der Waals surface area contributed by atoms with Gasteiger partial charge in [-0.15, -0.1) is 0 Å². The molecule has 0 unspecified atom stereocenters. The number of benzene rings is 2. The fourth-order valence-electron chi connectivity index (χ4n) is 1.29. The van der Waals surface area contributed by atoms with E-state index in [1.807, 2.05) is 6.07 Å². The zero-order valence-electron chi connectivity index (χ0n) is 7.20. The minimum absolute atomic E-state index is 1.11. The lowest BCUT2D eigenvalue weighted by molar-refractivity contribution is 1.64. The number of rotatable bonds is 1. The lowest BCUT2D eigenvalue weighted by Crippen LogP contribution is -1.87. The van der Waals surface area contributed by atoms with E-state index in [2.05, 4.69) is 57.8 Å². The molecule has 1 radical (unpaired) electrons. The lowest BCUT2D eigenvalue weighted by atomic mass is 10.1. The van der Waals surface area contributed by atoms with E-state index in [1.165, 1.54) is 11.1 Å². The van der Waals surface area contributed by atoms with E-state index in [4.69, 9.17) is 0 Å². The van der Waals surface area contributed by atoms with Crippen molar-refractivity contribution in [2.45, 2.75) is 0 Å². The van der Waals surface area contributed by atoms with Crippen LogP contribution >= 0.6 is 9.24 Å². The molecule has 2 aromatic rings. The summed E-state index contributed by atoms with van der Waals surface area (Å²) in [6, 6.07) is 18.7. The summed E-state index contributed by atoms with van der Waals surface area (Å²) < 4.78 is 0. The summed E-state index contributed by atoms with van der Waals surface area (Å²) in [5.41, 5.74) is 2.51. The SMILES string of the molecule is [PH]c1ccc(-c2ccccc2)cc1. The number of hydrogen-bond donors (Lipinski definition) is 0. The molecule has 0 atom stereocenters. The quantitative estimate of drug-likeness (QED) is 0.599. The van der Waals surface area contributed by atoms with Crippen LogP contribution in [0.3, 0.4) is 0 Å². The van der Waals surface area contributed by atoms with Gasteiger partial charge >= 0.3 is 0 Å². The van der Waals surface area contributed by atoms with Gasteiger partial charge in [0, 0.05) is 0 Å². The van der Waals surface area contributed by atoms with Crippen LogP contribution in [0.4, 0.5) is 0 Å². The van der Waals surface area contributed by atoms with E-state index in [1.54, 1.807) is 0 Å². The van der Waals surface area contributed by atoms with Gasteiger partial charge in [-0.1, -0.05) is 63.8 Å². The van der Waals surface area contributed by atoms with Crippen molar-refractivity contribution in [2.75, 3.05) is 0 Å². The van der Waals surface area contributed by atoms with Gasteiger partial charge < -0.3 is 0 Å². The standard InChI is InChI=1S/C12H10P/c13-12-8-6-11(7-9-12)10-4-2-1-3-5-10/h1-9,13H. The Morgan fingerprint density at radius 3 is 1.77 bits per heavy atom. The smallest absolute Gasteiger partial charge is 0.0184 e. The highest BCUT2D eigenvalue weighted by Gasteiger charge is 1.94. The van der Waals surface area contributed by atoms with Crippen LogP contribution in [0.5, 0.6) is 0 Å². The van der Waals surface area contributed by atoms with Crippen molar-refractivity contribution in [1.29, 1.82) is 0 Å². The van der Waals surface area contributed by atoms with Crippen LogP contribution in [0.15, 0.2) is 54.6 Å². The van der Waals surface area contributed by atoms with Gasteiger partial charge in [0.25, 0.3) is 0 Å². The molecular weight excluding hydrogens is 175 g/mol. The Hall–Kier alpha value is -1.13. The zero-order chi connectivity index (χ0) is 9.10. The van der Waals surface area contributed by atoms with Crippen molar-refractivity contribution in [1.82, 2.24) is 0 Å². The molecule has 0 fully saturated rings. The monoisotopic (exact) mass is 185 g/mol. The van der Waals surface area contributed by atoms with Crippen molar-refractivity contribution < 1.29 is 0 Å². The van der Waals surface area contributed by atoms with Crippen LogP contribution in [-0.2, 0) is 0 Å². The molecule has 0 amide bonds. The lowest BCUT2D eigenvalue weighted by Gasteiger charge is -2.00.